The quantitative estimate of drug-likeness (QED) is 0.519. The summed E-state index contributed by atoms with van der Waals surface area (Å²) in [4.78, 5) is 32.8. The van der Waals surface area contributed by atoms with Crippen molar-refractivity contribution in [2.24, 2.45) is 11.7 Å². The van der Waals surface area contributed by atoms with Crippen LogP contribution in [0.3, 0.4) is 0 Å². The van der Waals surface area contributed by atoms with Crippen molar-refractivity contribution in [2.75, 3.05) is 17.2 Å². The number of rotatable bonds is 8. The minimum absolute atomic E-state index is 0.00168. The summed E-state index contributed by atoms with van der Waals surface area (Å²) in [5.41, 5.74) is 6.36. The van der Waals surface area contributed by atoms with Crippen molar-refractivity contribution in [3.8, 4) is 11.5 Å². The molecular weight excluding hydrogens is 386 g/mol. The first kappa shape index (κ1) is 19.6. The van der Waals surface area contributed by atoms with Gasteiger partial charge >= 0.3 is 0 Å². The van der Waals surface area contributed by atoms with E-state index in [1.807, 2.05) is 19.9 Å². The maximum absolute atomic E-state index is 12.6. The van der Waals surface area contributed by atoms with E-state index in [0.717, 1.165) is 18.3 Å². The third kappa shape index (κ3) is 4.32. The zero-order chi connectivity index (χ0) is 21.3. The normalized spacial score (nSPS) is 13.4. The molecule has 3 aromatic rings. The van der Waals surface area contributed by atoms with Crippen molar-refractivity contribution < 1.29 is 14.0 Å². The van der Waals surface area contributed by atoms with E-state index >= 15 is 0 Å². The predicted octanol–water partition coefficient (Wildman–Crippen LogP) is 2.69. The Morgan fingerprint density at radius 2 is 2.17 bits per heavy atom. The fourth-order valence-electron chi connectivity index (χ4n) is 2.86. The van der Waals surface area contributed by atoms with Crippen molar-refractivity contribution >= 4 is 23.3 Å². The smallest absolute Gasteiger partial charge is 0.277 e. The maximum Gasteiger partial charge on any atom is 0.277 e. The fraction of sp³-hybridized carbons (Fsp3) is 0.350. The fourth-order valence-corrected chi connectivity index (χ4v) is 2.86. The molecule has 10 nitrogen and oxygen atoms in total. The average Bonchev–Trinajstić information content (AvgIpc) is 3.23. The maximum atomic E-state index is 12.6. The van der Waals surface area contributed by atoms with Gasteiger partial charge in [-0.25, -0.2) is 9.97 Å². The summed E-state index contributed by atoms with van der Waals surface area (Å²) in [6.45, 7) is 4.69. The number of primary amides is 1. The molecule has 3 heterocycles. The van der Waals surface area contributed by atoms with E-state index in [1.54, 1.807) is 23.1 Å². The summed E-state index contributed by atoms with van der Waals surface area (Å²) in [5, 5.41) is 10.0. The molecule has 2 amide bonds. The van der Waals surface area contributed by atoms with Gasteiger partial charge in [0.2, 0.25) is 5.89 Å². The van der Waals surface area contributed by atoms with Gasteiger partial charge in [0.15, 0.2) is 11.4 Å². The highest BCUT2D eigenvalue weighted by molar-refractivity contribution is 6.07. The molecule has 0 bridgehead atoms. The lowest BCUT2D eigenvalue weighted by molar-refractivity contribution is 0.0995. The SMILES string of the molecule is CC(C)n1cc(NC(=O)c2coc(-c3ccnc(NCC4CC4)c3)n2)c(C(N)=O)n1. The summed E-state index contributed by atoms with van der Waals surface area (Å²) in [7, 11) is 0. The molecule has 0 aliphatic heterocycles. The molecule has 156 valence electrons. The molecule has 4 N–H and O–H groups in total. The van der Waals surface area contributed by atoms with E-state index in [1.165, 1.54) is 19.1 Å². The van der Waals surface area contributed by atoms with Crippen LogP contribution in [-0.4, -0.2) is 38.1 Å². The Hall–Kier alpha value is -3.69. The molecule has 1 fully saturated rings. The Labute approximate surface area is 172 Å². The van der Waals surface area contributed by atoms with Crippen molar-refractivity contribution in [3.63, 3.8) is 0 Å². The third-order valence-electron chi connectivity index (χ3n) is 4.76. The van der Waals surface area contributed by atoms with Crippen LogP contribution in [0.1, 0.15) is 53.7 Å². The molecule has 1 aliphatic rings. The highest BCUT2D eigenvalue weighted by Gasteiger charge is 2.22. The zero-order valence-corrected chi connectivity index (χ0v) is 16.8. The molecule has 0 spiro atoms. The Kier molecular flexibility index (Phi) is 5.21. The van der Waals surface area contributed by atoms with Gasteiger partial charge in [0.1, 0.15) is 12.1 Å². The molecule has 0 radical (unpaired) electrons. The van der Waals surface area contributed by atoms with Crippen LogP contribution in [-0.2, 0) is 0 Å². The summed E-state index contributed by atoms with van der Waals surface area (Å²) in [5.74, 6) is 0.490. The minimum Gasteiger partial charge on any atom is -0.444 e. The van der Waals surface area contributed by atoms with Crippen LogP contribution in [0.5, 0.6) is 0 Å². The average molecular weight is 409 g/mol. The lowest BCUT2D eigenvalue weighted by atomic mass is 10.2. The largest absolute Gasteiger partial charge is 0.444 e. The summed E-state index contributed by atoms with van der Waals surface area (Å²) in [6.07, 6.45) is 6.98. The van der Waals surface area contributed by atoms with Crippen LogP contribution < -0.4 is 16.4 Å². The topological polar surface area (TPSA) is 141 Å². The van der Waals surface area contributed by atoms with Crippen molar-refractivity contribution in [2.45, 2.75) is 32.7 Å². The molecule has 0 aromatic carbocycles. The molecule has 1 aliphatic carbocycles. The number of aromatic nitrogens is 4. The van der Waals surface area contributed by atoms with E-state index in [2.05, 4.69) is 25.7 Å². The Morgan fingerprint density at radius 1 is 1.37 bits per heavy atom. The summed E-state index contributed by atoms with van der Waals surface area (Å²) >= 11 is 0. The third-order valence-corrected chi connectivity index (χ3v) is 4.76. The number of anilines is 2. The summed E-state index contributed by atoms with van der Waals surface area (Å²) < 4.78 is 7.04. The standard InChI is InChI=1S/C20H23N7O3/c1-11(2)27-9-14(17(26-27)18(21)28)24-19(29)15-10-30-20(25-15)13-5-6-22-16(7-13)23-8-12-3-4-12/h5-7,9-12H,3-4,8H2,1-2H3,(H2,21,28)(H,22,23)(H,24,29). The molecule has 0 saturated heterocycles. The number of nitrogens with one attached hydrogen (secondary N) is 2. The molecule has 4 rings (SSSR count). The Bertz CT molecular complexity index is 1080. The highest BCUT2D eigenvalue weighted by Crippen LogP contribution is 2.29. The van der Waals surface area contributed by atoms with Gasteiger partial charge in [-0.1, -0.05) is 0 Å². The van der Waals surface area contributed by atoms with E-state index < -0.39 is 11.8 Å². The molecule has 0 unspecified atom stereocenters. The van der Waals surface area contributed by atoms with Crippen LogP contribution >= 0.6 is 0 Å². The van der Waals surface area contributed by atoms with Gasteiger partial charge in [-0.05, 0) is 44.7 Å². The number of pyridine rings is 1. The number of hydrogen-bond donors (Lipinski definition) is 3. The Morgan fingerprint density at radius 3 is 2.87 bits per heavy atom. The predicted molar refractivity (Wildman–Crippen MR) is 110 cm³/mol. The molecule has 0 atom stereocenters. The van der Waals surface area contributed by atoms with Crippen LogP contribution in [0.15, 0.2) is 35.2 Å². The van der Waals surface area contributed by atoms with Gasteiger partial charge < -0.3 is 20.8 Å². The minimum atomic E-state index is -0.728. The zero-order valence-electron chi connectivity index (χ0n) is 16.8. The van der Waals surface area contributed by atoms with E-state index in [0.29, 0.717) is 11.5 Å². The number of amides is 2. The van der Waals surface area contributed by atoms with Gasteiger partial charge in [0.25, 0.3) is 11.8 Å². The van der Waals surface area contributed by atoms with E-state index in [4.69, 9.17) is 10.2 Å². The van der Waals surface area contributed by atoms with Gasteiger partial charge in [-0.15, -0.1) is 0 Å². The van der Waals surface area contributed by atoms with Crippen molar-refractivity contribution in [1.82, 2.24) is 19.7 Å². The van der Waals surface area contributed by atoms with Gasteiger partial charge in [0.05, 0.1) is 5.69 Å². The number of carbonyl (C=O) groups is 2. The lowest BCUT2D eigenvalue weighted by Crippen LogP contribution is -2.18. The van der Waals surface area contributed by atoms with Crippen LogP contribution in [0.25, 0.3) is 11.5 Å². The monoisotopic (exact) mass is 409 g/mol. The van der Waals surface area contributed by atoms with Crippen molar-refractivity contribution in [3.05, 3.63) is 42.2 Å². The number of nitrogens with two attached hydrogens (primary N) is 1. The second-order valence-electron chi connectivity index (χ2n) is 7.58. The molecule has 10 heteroatoms. The second kappa shape index (κ2) is 7.97. The molecule has 30 heavy (non-hydrogen) atoms. The van der Waals surface area contributed by atoms with Crippen LogP contribution in [0, 0.1) is 5.92 Å². The Balaban J connectivity index is 1.49. The first-order valence-corrected chi connectivity index (χ1v) is 9.77. The first-order chi connectivity index (χ1) is 14.4. The lowest BCUT2D eigenvalue weighted by Gasteiger charge is -2.04. The van der Waals surface area contributed by atoms with Gasteiger partial charge in [0, 0.05) is 30.5 Å². The van der Waals surface area contributed by atoms with Gasteiger partial charge in [-0.3, -0.25) is 14.3 Å². The number of hydrogen-bond acceptors (Lipinski definition) is 7. The number of nitrogens with zero attached hydrogens (tertiary/aromatic N) is 4. The first-order valence-electron chi connectivity index (χ1n) is 9.77. The number of oxazole rings is 1. The van der Waals surface area contributed by atoms with E-state index in [-0.39, 0.29) is 23.1 Å². The van der Waals surface area contributed by atoms with Crippen molar-refractivity contribution in [1.29, 1.82) is 0 Å². The highest BCUT2D eigenvalue weighted by atomic mass is 16.3. The number of carbonyl (C=O) groups excluding carboxylic acids is 2. The molecule has 3 aromatic heterocycles. The second-order valence-corrected chi connectivity index (χ2v) is 7.58. The van der Waals surface area contributed by atoms with E-state index in [9.17, 15) is 9.59 Å². The van der Waals surface area contributed by atoms with Crippen LogP contribution in [0.4, 0.5) is 11.5 Å². The van der Waals surface area contributed by atoms with Gasteiger partial charge in [-0.2, -0.15) is 5.10 Å². The summed E-state index contributed by atoms with van der Waals surface area (Å²) in [6, 6.07) is 3.59. The molecule has 1 saturated carbocycles. The van der Waals surface area contributed by atoms with Crippen LogP contribution in [0.2, 0.25) is 0 Å². The molecular formula is C20H23N7O3.